The van der Waals surface area contributed by atoms with E-state index in [4.69, 9.17) is 4.74 Å². The first kappa shape index (κ1) is 14.3. The summed E-state index contributed by atoms with van der Waals surface area (Å²) in [7, 11) is 1.69. The van der Waals surface area contributed by atoms with Crippen LogP contribution in [0, 0.1) is 0 Å². The van der Waals surface area contributed by atoms with Gasteiger partial charge in [-0.15, -0.1) is 0 Å². The quantitative estimate of drug-likeness (QED) is 0.787. The van der Waals surface area contributed by atoms with Crippen LogP contribution >= 0.6 is 0 Å². The van der Waals surface area contributed by atoms with E-state index >= 15 is 0 Å². The van der Waals surface area contributed by atoms with Gasteiger partial charge in [-0.1, -0.05) is 12.1 Å². The van der Waals surface area contributed by atoms with Crippen LogP contribution in [0.3, 0.4) is 0 Å². The first-order chi connectivity index (χ1) is 9.28. The molecule has 1 unspecified atom stereocenters. The number of ether oxygens (including phenoxy) is 1. The number of hydrogen-bond donors (Lipinski definition) is 2. The molecule has 1 aliphatic heterocycles. The van der Waals surface area contributed by atoms with Gasteiger partial charge in [0.05, 0.1) is 12.7 Å². The third-order valence-electron chi connectivity index (χ3n) is 3.45. The molecule has 0 bridgehead atoms. The highest BCUT2D eigenvalue weighted by molar-refractivity contribution is 5.45. The van der Waals surface area contributed by atoms with Crippen molar-refractivity contribution in [1.29, 1.82) is 0 Å². The van der Waals surface area contributed by atoms with E-state index in [1.807, 2.05) is 18.2 Å². The van der Waals surface area contributed by atoms with Crippen molar-refractivity contribution in [1.82, 2.24) is 4.90 Å². The van der Waals surface area contributed by atoms with Crippen LogP contribution in [0.25, 0.3) is 0 Å². The Morgan fingerprint density at radius 3 is 2.89 bits per heavy atom. The van der Waals surface area contributed by atoms with Gasteiger partial charge in [0.15, 0.2) is 0 Å². The molecule has 1 heterocycles. The zero-order chi connectivity index (χ0) is 13.5. The van der Waals surface area contributed by atoms with Gasteiger partial charge in [0.25, 0.3) is 0 Å². The highest BCUT2D eigenvalue weighted by Gasteiger charge is 2.15. The van der Waals surface area contributed by atoms with Crippen LogP contribution in [0.1, 0.15) is 18.4 Å². The van der Waals surface area contributed by atoms with Gasteiger partial charge >= 0.3 is 0 Å². The average Bonchev–Trinajstić information content (AvgIpc) is 2.90. The second-order valence-corrected chi connectivity index (χ2v) is 5.18. The highest BCUT2D eigenvalue weighted by Crippen LogP contribution is 2.12. The van der Waals surface area contributed by atoms with E-state index in [0.717, 1.165) is 30.9 Å². The van der Waals surface area contributed by atoms with Gasteiger partial charge in [0.2, 0.25) is 0 Å². The molecule has 106 valence electrons. The van der Waals surface area contributed by atoms with Gasteiger partial charge in [-0.2, -0.15) is 0 Å². The zero-order valence-corrected chi connectivity index (χ0v) is 11.6. The third-order valence-corrected chi connectivity index (χ3v) is 3.45. The Labute approximate surface area is 115 Å². The third kappa shape index (κ3) is 4.82. The summed E-state index contributed by atoms with van der Waals surface area (Å²) in [5.41, 5.74) is 2.18. The number of aliphatic hydroxyl groups is 1. The number of nitrogens with zero attached hydrogens (tertiary/aromatic N) is 1. The lowest BCUT2D eigenvalue weighted by Crippen LogP contribution is -2.34. The van der Waals surface area contributed by atoms with Crippen LogP contribution in [0.2, 0.25) is 0 Å². The summed E-state index contributed by atoms with van der Waals surface area (Å²) in [6, 6.07) is 8.12. The molecule has 0 spiro atoms. The number of benzene rings is 1. The van der Waals surface area contributed by atoms with Crippen LogP contribution < -0.4 is 5.32 Å². The largest absolute Gasteiger partial charge is 0.390 e. The molecule has 1 fully saturated rings. The monoisotopic (exact) mass is 264 g/mol. The van der Waals surface area contributed by atoms with E-state index in [2.05, 4.69) is 16.3 Å². The molecular formula is C15H24N2O2. The predicted octanol–water partition coefficient (Wildman–Crippen LogP) is 1.70. The number of aliphatic hydroxyl groups excluding tert-OH is 1. The van der Waals surface area contributed by atoms with E-state index in [0.29, 0.717) is 13.2 Å². The Kier molecular flexibility index (Phi) is 5.63. The van der Waals surface area contributed by atoms with Crippen molar-refractivity contribution in [2.24, 2.45) is 0 Å². The second kappa shape index (κ2) is 7.48. The van der Waals surface area contributed by atoms with Gasteiger partial charge in [0, 0.05) is 25.9 Å². The van der Waals surface area contributed by atoms with Crippen molar-refractivity contribution in [2.45, 2.75) is 25.6 Å². The molecule has 19 heavy (non-hydrogen) atoms. The van der Waals surface area contributed by atoms with Crippen molar-refractivity contribution < 1.29 is 9.84 Å². The van der Waals surface area contributed by atoms with E-state index in [9.17, 15) is 5.11 Å². The maximum atomic E-state index is 10.0. The van der Waals surface area contributed by atoms with Gasteiger partial charge < -0.3 is 20.1 Å². The minimum Gasteiger partial charge on any atom is -0.390 e. The van der Waals surface area contributed by atoms with Crippen molar-refractivity contribution >= 4 is 5.69 Å². The Hall–Kier alpha value is -1.10. The smallest absolute Gasteiger partial charge is 0.0839 e. The van der Waals surface area contributed by atoms with Crippen LogP contribution in [0.4, 0.5) is 5.69 Å². The summed E-state index contributed by atoms with van der Waals surface area (Å²) in [5, 5.41) is 13.3. The fourth-order valence-electron chi connectivity index (χ4n) is 2.50. The van der Waals surface area contributed by atoms with Crippen LogP contribution in [-0.4, -0.2) is 49.4 Å². The van der Waals surface area contributed by atoms with E-state index < -0.39 is 0 Å². The topological polar surface area (TPSA) is 44.7 Å². The van der Waals surface area contributed by atoms with Gasteiger partial charge in [-0.3, -0.25) is 0 Å². The van der Waals surface area contributed by atoms with Gasteiger partial charge in [0.1, 0.15) is 0 Å². The Bertz CT molecular complexity index is 378. The van der Waals surface area contributed by atoms with Crippen LogP contribution in [-0.2, 0) is 11.3 Å². The summed E-state index contributed by atoms with van der Waals surface area (Å²) in [6.45, 7) is 4.23. The molecule has 0 saturated carbocycles. The van der Waals surface area contributed by atoms with Gasteiger partial charge in [-0.05, 0) is 43.6 Å². The molecule has 4 heteroatoms. The fourth-order valence-corrected chi connectivity index (χ4v) is 2.50. The highest BCUT2D eigenvalue weighted by atomic mass is 16.5. The summed E-state index contributed by atoms with van der Waals surface area (Å²) < 4.78 is 5.11. The molecule has 0 aliphatic carbocycles. The molecule has 2 N–H and O–H groups in total. The van der Waals surface area contributed by atoms with E-state index in [1.54, 1.807) is 7.11 Å². The summed E-state index contributed by atoms with van der Waals surface area (Å²) in [6.07, 6.45) is 2.21. The summed E-state index contributed by atoms with van der Waals surface area (Å²) in [4.78, 5) is 2.33. The van der Waals surface area contributed by atoms with Crippen LogP contribution in [0.15, 0.2) is 24.3 Å². The van der Waals surface area contributed by atoms with Crippen molar-refractivity contribution in [3.63, 3.8) is 0 Å². The number of β-amino-alcohol motifs (C(OH)–C–C–N with tert-alkyl or cyclic N) is 1. The SMILES string of the molecule is COCc1cccc(NCC(O)CN2CCCC2)c1. The van der Waals surface area contributed by atoms with Crippen molar-refractivity contribution in [3.05, 3.63) is 29.8 Å². The number of hydrogen-bond acceptors (Lipinski definition) is 4. The molecule has 0 aromatic heterocycles. The maximum absolute atomic E-state index is 10.0. The number of nitrogens with one attached hydrogen (secondary N) is 1. The minimum absolute atomic E-state index is 0.316. The van der Waals surface area contributed by atoms with Gasteiger partial charge in [-0.25, -0.2) is 0 Å². The molecular weight excluding hydrogens is 240 g/mol. The lowest BCUT2D eigenvalue weighted by atomic mass is 10.2. The summed E-state index contributed by atoms with van der Waals surface area (Å²) in [5.74, 6) is 0. The van der Waals surface area contributed by atoms with Crippen LogP contribution in [0.5, 0.6) is 0 Å². The van der Waals surface area contributed by atoms with Crippen molar-refractivity contribution in [3.8, 4) is 0 Å². The molecule has 2 rings (SSSR count). The molecule has 0 radical (unpaired) electrons. The molecule has 0 amide bonds. The zero-order valence-electron chi connectivity index (χ0n) is 11.6. The Morgan fingerprint density at radius 2 is 2.16 bits per heavy atom. The maximum Gasteiger partial charge on any atom is 0.0839 e. The lowest BCUT2D eigenvalue weighted by Gasteiger charge is -2.20. The second-order valence-electron chi connectivity index (χ2n) is 5.18. The standard InChI is InChI=1S/C15H24N2O2/c1-19-12-13-5-4-6-14(9-13)16-10-15(18)11-17-7-2-3-8-17/h4-6,9,15-16,18H,2-3,7-8,10-12H2,1H3. The molecule has 1 aromatic carbocycles. The average molecular weight is 264 g/mol. The molecule has 1 atom stereocenters. The first-order valence-corrected chi connectivity index (χ1v) is 7.00. The lowest BCUT2D eigenvalue weighted by molar-refractivity contribution is 0.135. The van der Waals surface area contributed by atoms with E-state index in [-0.39, 0.29) is 6.10 Å². The number of anilines is 1. The van der Waals surface area contributed by atoms with E-state index in [1.165, 1.54) is 12.8 Å². The van der Waals surface area contributed by atoms with Crippen molar-refractivity contribution in [2.75, 3.05) is 38.6 Å². The Morgan fingerprint density at radius 1 is 1.37 bits per heavy atom. The molecule has 1 aliphatic rings. The number of likely N-dealkylation sites (tertiary alicyclic amines) is 1. The molecule has 1 aromatic rings. The predicted molar refractivity (Wildman–Crippen MR) is 77.3 cm³/mol. The molecule has 1 saturated heterocycles. The fraction of sp³-hybridized carbons (Fsp3) is 0.600. The minimum atomic E-state index is -0.316. The summed E-state index contributed by atoms with van der Waals surface area (Å²) >= 11 is 0. The number of rotatable bonds is 7. The molecule has 4 nitrogen and oxygen atoms in total. The normalized spacial score (nSPS) is 17.6. The Balaban J connectivity index is 1.75. The number of methoxy groups -OCH3 is 1. The first-order valence-electron chi connectivity index (χ1n) is 7.00.